The second-order valence-electron chi connectivity index (χ2n) is 3.90. The van der Waals surface area contributed by atoms with Gasteiger partial charge >= 0.3 is 0 Å². The van der Waals surface area contributed by atoms with Gasteiger partial charge in [0, 0.05) is 6.42 Å². The highest BCUT2D eigenvalue weighted by molar-refractivity contribution is 5.45. The molecule has 0 aliphatic carbocycles. The Morgan fingerprint density at radius 2 is 2.00 bits per heavy atom. The minimum absolute atomic E-state index is 0.113. The van der Waals surface area contributed by atoms with Crippen LogP contribution in [0.4, 0.5) is 8.78 Å². The van der Waals surface area contributed by atoms with E-state index in [1.165, 1.54) is 13.2 Å². The molecule has 2 nitrogen and oxygen atoms in total. The molecule has 0 aliphatic rings. The monoisotopic (exact) mass is 230 g/mol. The van der Waals surface area contributed by atoms with E-state index in [9.17, 15) is 13.9 Å². The first-order valence-corrected chi connectivity index (χ1v) is 5.09. The van der Waals surface area contributed by atoms with Gasteiger partial charge in [0.25, 0.3) is 6.43 Å². The fraction of sp³-hybridized carbons (Fsp3) is 0.500. The molecule has 1 atom stereocenters. The number of hydrogen-bond acceptors (Lipinski definition) is 2. The van der Waals surface area contributed by atoms with E-state index in [2.05, 4.69) is 0 Å². The lowest BCUT2D eigenvalue weighted by Gasteiger charge is -2.15. The molecule has 1 aromatic carbocycles. The van der Waals surface area contributed by atoms with Gasteiger partial charge in [0.1, 0.15) is 5.75 Å². The summed E-state index contributed by atoms with van der Waals surface area (Å²) in [5, 5.41) is 9.30. The number of hydrogen-bond donors (Lipinski definition) is 1. The third-order valence-corrected chi connectivity index (χ3v) is 2.29. The van der Waals surface area contributed by atoms with Crippen LogP contribution in [0.3, 0.4) is 0 Å². The Hall–Kier alpha value is -1.16. The number of benzene rings is 1. The molecular formula is C12H16F2O2. The predicted octanol–water partition coefficient (Wildman–Crippen LogP) is 2.86. The van der Waals surface area contributed by atoms with Gasteiger partial charge in [0.15, 0.2) is 0 Å². The van der Waals surface area contributed by atoms with Gasteiger partial charge in [0.2, 0.25) is 0 Å². The summed E-state index contributed by atoms with van der Waals surface area (Å²) < 4.78 is 30.5. The summed E-state index contributed by atoms with van der Waals surface area (Å²) in [4.78, 5) is 0. The van der Waals surface area contributed by atoms with Crippen molar-refractivity contribution in [3.8, 4) is 5.75 Å². The Bertz CT molecular complexity index is 362. The molecule has 0 spiro atoms. The van der Waals surface area contributed by atoms with E-state index < -0.39 is 12.5 Å². The average molecular weight is 230 g/mol. The van der Waals surface area contributed by atoms with Crippen molar-refractivity contribution in [3.63, 3.8) is 0 Å². The second kappa shape index (κ2) is 5.25. The minimum atomic E-state index is -2.57. The molecule has 1 unspecified atom stereocenters. The molecule has 0 aliphatic heterocycles. The van der Waals surface area contributed by atoms with E-state index in [-0.39, 0.29) is 11.3 Å². The van der Waals surface area contributed by atoms with Crippen LogP contribution in [-0.4, -0.2) is 18.3 Å². The van der Waals surface area contributed by atoms with Gasteiger partial charge in [0.05, 0.1) is 18.8 Å². The quantitative estimate of drug-likeness (QED) is 0.861. The Balaban J connectivity index is 3.24. The van der Waals surface area contributed by atoms with Gasteiger partial charge in [-0.1, -0.05) is 11.6 Å². The lowest BCUT2D eigenvalue weighted by atomic mass is 10.0. The summed E-state index contributed by atoms with van der Waals surface area (Å²) >= 11 is 0. The maximum absolute atomic E-state index is 12.8. The Morgan fingerprint density at radius 1 is 1.38 bits per heavy atom. The molecule has 0 aromatic heterocycles. The molecule has 1 rings (SSSR count). The van der Waals surface area contributed by atoms with Gasteiger partial charge in [-0.2, -0.15) is 0 Å². The molecular weight excluding hydrogens is 214 g/mol. The highest BCUT2D eigenvalue weighted by Gasteiger charge is 2.18. The van der Waals surface area contributed by atoms with E-state index in [1.807, 2.05) is 0 Å². The zero-order valence-electron chi connectivity index (χ0n) is 9.63. The molecule has 0 saturated heterocycles. The van der Waals surface area contributed by atoms with E-state index >= 15 is 0 Å². The molecule has 0 fully saturated rings. The number of rotatable bonds is 4. The molecule has 90 valence electrons. The van der Waals surface area contributed by atoms with Gasteiger partial charge in [-0.3, -0.25) is 0 Å². The number of halogens is 2. The normalized spacial score (nSPS) is 12.9. The number of ether oxygens (including phenoxy) is 1. The summed E-state index contributed by atoms with van der Waals surface area (Å²) in [5.41, 5.74) is 1.25. The molecule has 0 bridgehead atoms. The van der Waals surface area contributed by atoms with Crippen molar-refractivity contribution in [3.05, 3.63) is 28.8 Å². The van der Waals surface area contributed by atoms with Gasteiger partial charge in [-0.25, -0.2) is 8.78 Å². The van der Waals surface area contributed by atoms with Crippen LogP contribution < -0.4 is 4.74 Å². The highest BCUT2D eigenvalue weighted by atomic mass is 19.3. The van der Waals surface area contributed by atoms with Crippen LogP contribution in [0.2, 0.25) is 0 Å². The van der Waals surface area contributed by atoms with Crippen molar-refractivity contribution in [2.45, 2.75) is 32.8 Å². The van der Waals surface area contributed by atoms with Crippen LogP contribution in [0.5, 0.6) is 5.75 Å². The number of aryl methyl sites for hydroxylation is 1. The van der Waals surface area contributed by atoms with Crippen molar-refractivity contribution in [2.24, 2.45) is 0 Å². The van der Waals surface area contributed by atoms with E-state index in [4.69, 9.17) is 4.74 Å². The van der Waals surface area contributed by atoms with Gasteiger partial charge < -0.3 is 9.84 Å². The van der Waals surface area contributed by atoms with Crippen molar-refractivity contribution in [1.29, 1.82) is 0 Å². The summed E-state index contributed by atoms with van der Waals surface area (Å²) in [6, 6.07) is 3.17. The maximum atomic E-state index is 12.8. The maximum Gasteiger partial charge on any atom is 0.267 e. The van der Waals surface area contributed by atoms with Gasteiger partial charge in [-0.15, -0.1) is 0 Å². The molecule has 0 heterocycles. The van der Waals surface area contributed by atoms with Crippen LogP contribution in [-0.2, 0) is 6.42 Å². The topological polar surface area (TPSA) is 29.5 Å². The number of alkyl halides is 2. The van der Waals surface area contributed by atoms with E-state index in [0.29, 0.717) is 12.0 Å². The standard InChI is InChI=1S/C12H16F2O2/c1-7-4-9(6-8(2)15)11(16-3)10(5-7)12(13)14/h4-5,8,12,15H,6H2,1-3H3. The average Bonchev–Trinajstić information content (AvgIpc) is 2.15. The first kappa shape index (κ1) is 12.9. The first-order chi connectivity index (χ1) is 7.45. The van der Waals surface area contributed by atoms with Crippen LogP contribution in [0.15, 0.2) is 12.1 Å². The fourth-order valence-corrected chi connectivity index (χ4v) is 1.76. The predicted molar refractivity (Wildman–Crippen MR) is 58.1 cm³/mol. The van der Waals surface area contributed by atoms with E-state index in [0.717, 1.165) is 5.56 Å². The van der Waals surface area contributed by atoms with E-state index in [1.54, 1.807) is 19.9 Å². The summed E-state index contributed by atoms with van der Waals surface area (Å²) in [5.74, 6) is 0.182. The zero-order chi connectivity index (χ0) is 12.3. The highest BCUT2D eigenvalue weighted by Crippen LogP contribution is 2.33. The smallest absolute Gasteiger partial charge is 0.267 e. The molecule has 0 amide bonds. The third kappa shape index (κ3) is 2.92. The molecule has 0 radical (unpaired) electrons. The van der Waals surface area contributed by atoms with Crippen molar-refractivity contribution >= 4 is 0 Å². The van der Waals surface area contributed by atoms with Crippen LogP contribution in [0.1, 0.15) is 30.0 Å². The molecule has 1 N–H and O–H groups in total. The minimum Gasteiger partial charge on any atom is -0.496 e. The Morgan fingerprint density at radius 3 is 2.44 bits per heavy atom. The number of aliphatic hydroxyl groups is 1. The van der Waals surface area contributed by atoms with Crippen molar-refractivity contribution in [2.75, 3.05) is 7.11 Å². The summed E-state index contributed by atoms with van der Waals surface area (Å²) in [7, 11) is 1.36. The lowest BCUT2D eigenvalue weighted by molar-refractivity contribution is 0.146. The summed E-state index contributed by atoms with van der Waals surface area (Å²) in [6.07, 6.45) is -2.84. The van der Waals surface area contributed by atoms with Crippen LogP contribution in [0.25, 0.3) is 0 Å². The molecule has 16 heavy (non-hydrogen) atoms. The molecule has 0 saturated carbocycles. The summed E-state index contributed by atoms with van der Waals surface area (Å²) in [6.45, 7) is 3.36. The Labute approximate surface area is 93.9 Å². The zero-order valence-corrected chi connectivity index (χ0v) is 9.63. The van der Waals surface area contributed by atoms with Crippen molar-refractivity contribution in [1.82, 2.24) is 0 Å². The van der Waals surface area contributed by atoms with Crippen LogP contribution >= 0.6 is 0 Å². The SMILES string of the molecule is COc1c(CC(C)O)cc(C)cc1C(F)F. The molecule has 4 heteroatoms. The first-order valence-electron chi connectivity index (χ1n) is 5.09. The lowest BCUT2D eigenvalue weighted by Crippen LogP contribution is -2.07. The van der Waals surface area contributed by atoms with Gasteiger partial charge in [-0.05, 0) is 25.5 Å². The number of aliphatic hydroxyl groups excluding tert-OH is 1. The third-order valence-electron chi connectivity index (χ3n) is 2.29. The largest absolute Gasteiger partial charge is 0.496 e. The Kier molecular flexibility index (Phi) is 4.24. The second-order valence-corrected chi connectivity index (χ2v) is 3.90. The fourth-order valence-electron chi connectivity index (χ4n) is 1.76. The number of methoxy groups -OCH3 is 1. The molecule has 1 aromatic rings. The van der Waals surface area contributed by atoms with Crippen molar-refractivity contribution < 1.29 is 18.6 Å². The van der Waals surface area contributed by atoms with Crippen LogP contribution in [0, 0.1) is 6.92 Å².